The molecule has 17 heteroatoms. The molecule has 26 heavy (non-hydrogen) atoms. The van der Waals surface area contributed by atoms with Gasteiger partial charge < -0.3 is 31.8 Å². The Bertz CT molecular complexity index is 386. The van der Waals surface area contributed by atoms with Gasteiger partial charge in [0, 0.05) is 6.42 Å². The first-order valence-electron chi connectivity index (χ1n) is 4.86. The van der Waals surface area contributed by atoms with Crippen LogP contribution in [0, 0.1) is 0 Å². The van der Waals surface area contributed by atoms with Crippen molar-refractivity contribution in [3.63, 3.8) is 0 Å². The number of carboxylic acids is 4. The standard InChI is InChI=1S/C9H13NO8.8Na.8H/c11-6(12)2-1-5(9(17)18)10(3-7(13)14)4-8(15)16;;;;;;;;;;;;;;;;/h5H,1-4H2,(H,11,12)(H,13,14)(H,15,16)(H,17,18);;;;;;;;;;;;;;;;/q;8*+1;8*-1/t5-;;;;;;;;;;;;;;;;/m0................/s1. The van der Waals surface area contributed by atoms with Crippen LogP contribution in [-0.2, 0) is 19.2 Å². The van der Waals surface area contributed by atoms with Gasteiger partial charge in [-0.2, -0.15) is 0 Å². The van der Waals surface area contributed by atoms with Crippen molar-refractivity contribution in [2.24, 2.45) is 0 Å². The first-order valence-corrected chi connectivity index (χ1v) is 4.86. The number of aliphatic carboxylic acids is 4. The zero-order valence-corrected chi connectivity index (χ0v) is 33.3. The summed E-state index contributed by atoms with van der Waals surface area (Å²) in [5, 5.41) is 34.4. The SMILES string of the molecule is O=C(O)CC[C@@H](C(=O)O)N(CC(=O)O)CC(=O)O.[H-].[H-].[H-].[H-].[H-].[H-].[H-].[H-].[Na+].[Na+].[Na+].[Na+].[Na+].[Na+].[Na+].[Na+]. The second kappa shape index (κ2) is 35.4. The Kier molecular flexibility index (Phi) is 79.1. The van der Waals surface area contributed by atoms with E-state index < -0.39 is 49.4 Å². The molecule has 0 amide bonds. The predicted octanol–water partition coefficient (Wildman–Crippen LogP) is -24.3. The molecule has 0 radical (unpaired) electrons. The van der Waals surface area contributed by atoms with Crippen molar-refractivity contribution in [3.8, 4) is 0 Å². The first kappa shape index (κ1) is 58.1. The van der Waals surface area contributed by atoms with Gasteiger partial charge in [-0.3, -0.25) is 24.1 Å². The quantitative estimate of drug-likeness (QED) is 0.249. The Morgan fingerprint density at radius 2 is 0.962 bits per heavy atom. The van der Waals surface area contributed by atoms with E-state index in [-0.39, 0.29) is 254 Å². The summed E-state index contributed by atoms with van der Waals surface area (Å²) in [4.78, 5) is 43.0. The van der Waals surface area contributed by atoms with Crippen molar-refractivity contribution in [1.82, 2.24) is 4.90 Å². The van der Waals surface area contributed by atoms with Crippen LogP contribution < -0.4 is 236 Å². The number of carboxylic acid groups (broad SMARTS) is 4. The van der Waals surface area contributed by atoms with E-state index in [9.17, 15) is 19.2 Å². The monoisotopic (exact) mass is 455 g/mol. The van der Waals surface area contributed by atoms with Gasteiger partial charge in [0.05, 0.1) is 13.1 Å². The van der Waals surface area contributed by atoms with Gasteiger partial charge in [0.25, 0.3) is 0 Å². The van der Waals surface area contributed by atoms with E-state index in [0.29, 0.717) is 4.90 Å². The van der Waals surface area contributed by atoms with Crippen LogP contribution in [0.2, 0.25) is 0 Å². The molecule has 0 aliphatic rings. The van der Waals surface area contributed by atoms with E-state index >= 15 is 0 Å². The minimum atomic E-state index is -1.46. The summed E-state index contributed by atoms with van der Waals surface area (Å²) in [6, 6.07) is -1.46. The van der Waals surface area contributed by atoms with Crippen LogP contribution in [0.3, 0.4) is 0 Å². The molecular weight excluding hydrogens is 434 g/mol. The van der Waals surface area contributed by atoms with Crippen LogP contribution in [0.5, 0.6) is 0 Å². The van der Waals surface area contributed by atoms with Crippen molar-refractivity contribution in [1.29, 1.82) is 0 Å². The number of hydrogen-bond donors (Lipinski definition) is 4. The Balaban J connectivity index is -0.0000000120. The van der Waals surface area contributed by atoms with Gasteiger partial charge in [0.15, 0.2) is 0 Å². The molecule has 0 fully saturated rings. The predicted molar refractivity (Wildman–Crippen MR) is 64.0 cm³/mol. The molecule has 0 aliphatic carbocycles. The summed E-state index contributed by atoms with van der Waals surface area (Å²) < 4.78 is 0. The molecule has 0 heterocycles. The van der Waals surface area contributed by atoms with Gasteiger partial charge in [0.1, 0.15) is 6.04 Å². The second-order valence-corrected chi connectivity index (χ2v) is 3.48. The molecule has 0 saturated carbocycles. The largest absolute Gasteiger partial charge is 1.00 e. The molecule has 0 rings (SSSR count). The third kappa shape index (κ3) is 34.5. The molecule has 0 bridgehead atoms. The van der Waals surface area contributed by atoms with Gasteiger partial charge in [-0.05, 0) is 6.42 Å². The maximum absolute atomic E-state index is 10.9. The maximum atomic E-state index is 10.9. The van der Waals surface area contributed by atoms with Gasteiger partial charge in [-0.1, -0.05) is 0 Å². The fourth-order valence-electron chi connectivity index (χ4n) is 1.35. The van der Waals surface area contributed by atoms with Crippen LogP contribution >= 0.6 is 0 Å². The van der Waals surface area contributed by atoms with Crippen LogP contribution in [-0.4, -0.2) is 68.3 Å². The zero-order valence-electron chi connectivity index (χ0n) is 25.3. The molecule has 0 aliphatic heterocycles. The topological polar surface area (TPSA) is 152 Å². The Labute approximate surface area is 340 Å². The molecule has 118 valence electrons. The number of carbonyl (C=O) groups is 4. The smallest absolute Gasteiger partial charge is 1.00 e. The van der Waals surface area contributed by atoms with E-state index in [0.717, 1.165) is 0 Å². The first-order chi connectivity index (χ1) is 8.23. The fourth-order valence-corrected chi connectivity index (χ4v) is 1.35. The van der Waals surface area contributed by atoms with Gasteiger partial charge in [-0.15, -0.1) is 0 Å². The summed E-state index contributed by atoms with van der Waals surface area (Å²) >= 11 is 0. The summed E-state index contributed by atoms with van der Waals surface area (Å²) in [5.41, 5.74) is 0. The molecule has 0 aromatic rings. The molecule has 9 nitrogen and oxygen atoms in total. The van der Waals surface area contributed by atoms with Crippen molar-refractivity contribution in [2.75, 3.05) is 13.1 Å². The number of nitrogens with zero attached hydrogens (tertiary/aromatic N) is 1. The van der Waals surface area contributed by atoms with Crippen molar-refractivity contribution >= 4 is 23.9 Å². The minimum absolute atomic E-state index is 0. The number of rotatable bonds is 9. The maximum Gasteiger partial charge on any atom is 1.00 e. The summed E-state index contributed by atoms with van der Waals surface area (Å²) in [6.45, 7) is -1.58. The Hall–Kier alpha value is 5.84. The molecule has 0 aromatic heterocycles. The third-order valence-corrected chi connectivity index (χ3v) is 2.03. The average molecular weight is 455 g/mol. The average Bonchev–Trinajstić information content (AvgIpc) is 2.14. The van der Waals surface area contributed by atoms with Gasteiger partial charge in [-0.25, -0.2) is 0 Å². The van der Waals surface area contributed by atoms with Crippen LogP contribution in [0.25, 0.3) is 0 Å². The summed E-state index contributed by atoms with van der Waals surface area (Å²) in [7, 11) is 0. The molecule has 0 aromatic carbocycles. The minimum Gasteiger partial charge on any atom is -1.00 e. The normalized spacial score (nSPS) is 8.35. The van der Waals surface area contributed by atoms with E-state index in [2.05, 4.69) is 0 Å². The van der Waals surface area contributed by atoms with E-state index in [1.165, 1.54) is 0 Å². The zero-order chi connectivity index (χ0) is 14.3. The Morgan fingerprint density at radius 1 is 0.654 bits per heavy atom. The van der Waals surface area contributed by atoms with Crippen LogP contribution in [0.1, 0.15) is 24.3 Å². The van der Waals surface area contributed by atoms with E-state index in [1.54, 1.807) is 0 Å². The molecule has 0 saturated heterocycles. The number of hydrogen-bond acceptors (Lipinski definition) is 5. The van der Waals surface area contributed by atoms with Crippen molar-refractivity contribution < 1.29 is 287 Å². The second-order valence-electron chi connectivity index (χ2n) is 3.48. The van der Waals surface area contributed by atoms with Crippen molar-refractivity contribution in [3.05, 3.63) is 0 Å². The van der Waals surface area contributed by atoms with E-state index in [4.69, 9.17) is 20.4 Å². The fraction of sp³-hybridized carbons (Fsp3) is 0.556. The molecule has 1 atom stereocenters. The van der Waals surface area contributed by atoms with Crippen molar-refractivity contribution in [2.45, 2.75) is 18.9 Å². The molecule has 0 unspecified atom stereocenters. The molecule has 4 N–H and O–H groups in total. The molecular formula is C9H21NNa8O8. The Morgan fingerprint density at radius 3 is 1.15 bits per heavy atom. The van der Waals surface area contributed by atoms with Gasteiger partial charge >= 0.3 is 260 Å². The summed E-state index contributed by atoms with van der Waals surface area (Å²) in [6.07, 6.45) is -0.863. The van der Waals surface area contributed by atoms with Gasteiger partial charge in [0.2, 0.25) is 0 Å². The van der Waals surface area contributed by atoms with Crippen LogP contribution in [0.15, 0.2) is 0 Å². The van der Waals surface area contributed by atoms with E-state index in [1.807, 2.05) is 0 Å². The summed E-state index contributed by atoms with van der Waals surface area (Å²) in [5.74, 6) is -5.48. The third-order valence-electron chi connectivity index (χ3n) is 2.03. The van der Waals surface area contributed by atoms with Crippen LogP contribution in [0.4, 0.5) is 0 Å². The molecule has 0 spiro atoms.